The van der Waals surface area contributed by atoms with Gasteiger partial charge in [-0.15, -0.1) is 0 Å². The summed E-state index contributed by atoms with van der Waals surface area (Å²) >= 11 is 0. The van der Waals surface area contributed by atoms with Crippen LogP contribution in [0, 0.1) is 17.7 Å². The predicted octanol–water partition coefficient (Wildman–Crippen LogP) is 1.87. The molecule has 0 bridgehead atoms. The van der Waals surface area contributed by atoms with Gasteiger partial charge in [-0.25, -0.2) is 9.18 Å². The zero-order chi connectivity index (χ0) is 12.7. The van der Waals surface area contributed by atoms with E-state index in [1.165, 1.54) is 17.0 Å². The third-order valence-electron chi connectivity index (χ3n) is 3.95. The van der Waals surface area contributed by atoms with Crippen LogP contribution in [-0.2, 0) is 0 Å². The van der Waals surface area contributed by atoms with Gasteiger partial charge in [-0.1, -0.05) is 0 Å². The molecule has 3 rings (SSSR count). The van der Waals surface area contributed by atoms with Crippen LogP contribution in [0.3, 0.4) is 0 Å². The number of fused-ring (bicyclic) bond motifs is 1. The molecule has 2 aliphatic heterocycles. The van der Waals surface area contributed by atoms with E-state index >= 15 is 0 Å². The average Bonchev–Trinajstić information content (AvgIpc) is 2.87. The summed E-state index contributed by atoms with van der Waals surface area (Å²) in [4.78, 5) is 14.6. The molecule has 0 spiro atoms. The molecule has 0 aliphatic carbocycles. The highest BCUT2D eigenvalue weighted by atomic mass is 19.1. The van der Waals surface area contributed by atoms with Gasteiger partial charge in [-0.05, 0) is 24.3 Å². The normalized spacial score (nSPS) is 26.5. The lowest BCUT2D eigenvalue weighted by atomic mass is 10.0. The van der Waals surface area contributed by atoms with Gasteiger partial charge in [0.1, 0.15) is 5.82 Å². The summed E-state index contributed by atoms with van der Waals surface area (Å²) in [5, 5.41) is 8.95. The fourth-order valence-corrected chi connectivity index (χ4v) is 3.01. The summed E-state index contributed by atoms with van der Waals surface area (Å²) in [6.45, 7) is 2.97. The van der Waals surface area contributed by atoms with Crippen LogP contribution in [0.15, 0.2) is 24.3 Å². The summed E-state index contributed by atoms with van der Waals surface area (Å²) in [5.41, 5.74) is 1.02. The van der Waals surface area contributed by atoms with E-state index in [9.17, 15) is 9.18 Å². The van der Waals surface area contributed by atoms with E-state index < -0.39 is 6.09 Å². The van der Waals surface area contributed by atoms with Crippen LogP contribution in [0.2, 0.25) is 0 Å². The van der Waals surface area contributed by atoms with Gasteiger partial charge in [0.2, 0.25) is 0 Å². The largest absolute Gasteiger partial charge is 0.465 e. The molecule has 2 atom stereocenters. The van der Waals surface area contributed by atoms with Crippen molar-refractivity contribution >= 4 is 11.8 Å². The minimum atomic E-state index is -0.822. The maximum atomic E-state index is 12.9. The van der Waals surface area contributed by atoms with Crippen molar-refractivity contribution in [3.8, 4) is 0 Å². The minimum Gasteiger partial charge on any atom is -0.465 e. The number of hydrogen-bond donors (Lipinski definition) is 1. The molecule has 2 fully saturated rings. The molecule has 96 valence electrons. The zero-order valence-electron chi connectivity index (χ0n) is 9.92. The molecule has 18 heavy (non-hydrogen) atoms. The van der Waals surface area contributed by atoms with Crippen LogP contribution >= 0.6 is 0 Å². The molecule has 1 aromatic carbocycles. The summed E-state index contributed by atoms with van der Waals surface area (Å²) in [6.07, 6.45) is -0.822. The van der Waals surface area contributed by atoms with Gasteiger partial charge >= 0.3 is 6.09 Å². The van der Waals surface area contributed by atoms with Crippen LogP contribution < -0.4 is 4.90 Å². The molecule has 1 aromatic rings. The van der Waals surface area contributed by atoms with Crippen molar-refractivity contribution in [3.63, 3.8) is 0 Å². The van der Waals surface area contributed by atoms with E-state index in [0.29, 0.717) is 24.9 Å². The van der Waals surface area contributed by atoms with Crippen LogP contribution in [0.4, 0.5) is 14.9 Å². The number of amides is 1. The quantitative estimate of drug-likeness (QED) is 0.827. The molecular weight excluding hydrogens is 235 g/mol. The van der Waals surface area contributed by atoms with Crippen LogP contribution in [-0.4, -0.2) is 42.3 Å². The standard InChI is InChI=1S/C13H15FN2O2/c14-11-1-3-12(4-2-11)15-5-9-7-16(13(17)18)8-10(9)6-15/h1-4,9-10H,5-8H2,(H,17,18). The van der Waals surface area contributed by atoms with Crippen molar-refractivity contribution in [2.24, 2.45) is 11.8 Å². The number of likely N-dealkylation sites (tertiary alicyclic amines) is 1. The molecule has 5 heteroatoms. The third-order valence-corrected chi connectivity index (χ3v) is 3.95. The lowest BCUT2D eigenvalue weighted by Gasteiger charge is -2.21. The van der Waals surface area contributed by atoms with Crippen molar-refractivity contribution < 1.29 is 14.3 Å². The first kappa shape index (κ1) is 11.3. The maximum absolute atomic E-state index is 12.9. The fourth-order valence-electron chi connectivity index (χ4n) is 3.01. The van der Waals surface area contributed by atoms with Gasteiger partial charge in [0.25, 0.3) is 0 Å². The number of carboxylic acid groups (broad SMARTS) is 1. The summed E-state index contributed by atoms with van der Waals surface area (Å²) in [6, 6.07) is 6.50. The summed E-state index contributed by atoms with van der Waals surface area (Å²) in [7, 11) is 0. The summed E-state index contributed by atoms with van der Waals surface area (Å²) < 4.78 is 12.9. The highest BCUT2D eigenvalue weighted by Crippen LogP contribution is 2.33. The number of anilines is 1. The Balaban J connectivity index is 1.68. The Morgan fingerprint density at radius 1 is 1.11 bits per heavy atom. The lowest BCUT2D eigenvalue weighted by molar-refractivity contribution is 0.153. The second kappa shape index (κ2) is 4.15. The van der Waals surface area contributed by atoms with Crippen molar-refractivity contribution in [1.82, 2.24) is 4.90 Å². The van der Waals surface area contributed by atoms with Gasteiger partial charge in [-0.3, -0.25) is 0 Å². The Bertz CT molecular complexity index is 449. The Morgan fingerprint density at radius 3 is 2.17 bits per heavy atom. The van der Waals surface area contributed by atoms with Crippen LogP contribution in [0.1, 0.15) is 0 Å². The Hall–Kier alpha value is -1.78. The minimum absolute atomic E-state index is 0.227. The lowest BCUT2D eigenvalue weighted by Crippen LogP contribution is -2.32. The Morgan fingerprint density at radius 2 is 1.67 bits per heavy atom. The summed E-state index contributed by atoms with van der Waals surface area (Å²) in [5.74, 6) is 0.590. The maximum Gasteiger partial charge on any atom is 0.407 e. The zero-order valence-corrected chi connectivity index (χ0v) is 9.92. The molecule has 1 amide bonds. The number of nitrogens with zero attached hydrogens (tertiary/aromatic N) is 2. The van der Waals surface area contributed by atoms with Gasteiger partial charge in [-0.2, -0.15) is 0 Å². The fraction of sp³-hybridized carbons (Fsp3) is 0.462. The van der Waals surface area contributed by atoms with E-state index in [4.69, 9.17) is 5.11 Å². The molecule has 2 unspecified atom stereocenters. The molecule has 1 N–H and O–H groups in total. The number of benzene rings is 1. The molecule has 2 heterocycles. The smallest absolute Gasteiger partial charge is 0.407 e. The van der Waals surface area contributed by atoms with E-state index in [0.717, 1.165) is 18.8 Å². The van der Waals surface area contributed by atoms with Crippen LogP contribution in [0.5, 0.6) is 0 Å². The molecule has 0 saturated carbocycles. The predicted molar refractivity (Wildman–Crippen MR) is 65.2 cm³/mol. The number of hydrogen-bond acceptors (Lipinski definition) is 2. The van der Waals surface area contributed by atoms with E-state index in [1.807, 2.05) is 0 Å². The molecular formula is C13H15FN2O2. The van der Waals surface area contributed by atoms with Crippen molar-refractivity contribution in [3.05, 3.63) is 30.1 Å². The number of carbonyl (C=O) groups is 1. The SMILES string of the molecule is O=C(O)N1CC2CN(c3ccc(F)cc3)CC2C1. The number of halogens is 1. The van der Waals surface area contributed by atoms with E-state index in [-0.39, 0.29) is 5.82 Å². The highest BCUT2D eigenvalue weighted by Gasteiger charge is 2.41. The van der Waals surface area contributed by atoms with E-state index in [1.54, 1.807) is 12.1 Å². The Kier molecular flexibility index (Phi) is 2.61. The van der Waals surface area contributed by atoms with E-state index in [2.05, 4.69) is 4.90 Å². The second-order valence-corrected chi connectivity index (χ2v) is 5.09. The molecule has 4 nitrogen and oxygen atoms in total. The molecule has 2 saturated heterocycles. The molecule has 2 aliphatic rings. The first-order chi connectivity index (χ1) is 8.63. The van der Waals surface area contributed by atoms with Crippen molar-refractivity contribution in [1.29, 1.82) is 0 Å². The monoisotopic (exact) mass is 250 g/mol. The van der Waals surface area contributed by atoms with Gasteiger partial charge in [0.05, 0.1) is 0 Å². The molecule has 0 radical (unpaired) electrons. The average molecular weight is 250 g/mol. The second-order valence-electron chi connectivity index (χ2n) is 5.09. The topological polar surface area (TPSA) is 43.8 Å². The van der Waals surface area contributed by atoms with Crippen molar-refractivity contribution in [2.45, 2.75) is 0 Å². The third kappa shape index (κ3) is 1.89. The van der Waals surface area contributed by atoms with Crippen molar-refractivity contribution in [2.75, 3.05) is 31.1 Å². The first-order valence-electron chi connectivity index (χ1n) is 6.12. The van der Waals surface area contributed by atoms with Crippen LogP contribution in [0.25, 0.3) is 0 Å². The molecule has 0 aromatic heterocycles. The van der Waals surface area contributed by atoms with Gasteiger partial charge < -0.3 is 14.9 Å². The highest BCUT2D eigenvalue weighted by molar-refractivity contribution is 5.65. The Labute approximate surface area is 105 Å². The first-order valence-corrected chi connectivity index (χ1v) is 6.12. The van der Waals surface area contributed by atoms with Gasteiger partial charge in [0, 0.05) is 43.7 Å². The number of rotatable bonds is 1. The van der Waals surface area contributed by atoms with Gasteiger partial charge in [0.15, 0.2) is 0 Å².